The minimum absolute atomic E-state index is 0.375. The second-order valence-electron chi connectivity index (χ2n) is 9.74. The second kappa shape index (κ2) is 10.9. The summed E-state index contributed by atoms with van der Waals surface area (Å²) in [6.45, 7) is 2.42. The van der Waals surface area contributed by atoms with Crippen LogP contribution in [0.25, 0.3) is 22.5 Å². The molecule has 5 aromatic rings. The number of rotatable bonds is 8. The van der Waals surface area contributed by atoms with Crippen LogP contribution < -0.4 is 15.0 Å². The van der Waals surface area contributed by atoms with Crippen molar-refractivity contribution in [2.45, 2.75) is 18.9 Å². The minimum Gasteiger partial charge on any atom is -0.490 e. The molecule has 1 unspecified atom stereocenters. The number of para-hydroxylation sites is 1. The first-order chi connectivity index (χ1) is 19.2. The Balaban J connectivity index is 1.18. The number of benzene rings is 4. The average Bonchev–Trinajstić information content (AvgIpc) is 3.53. The van der Waals surface area contributed by atoms with Gasteiger partial charge in [-0.2, -0.15) is 0 Å². The number of nitrogens with one attached hydrogen (secondary N) is 1. The quantitative estimate of drug-likeness (QED) is 0.233. The maximum Gasteiger partial charge on any atom is 0.132 e. The lowest BCUT2D eigenvalue weighted by molar-refractivity contribution is -0.0987. The molecule has 0 saturated carbocycles. The highest BCUT2D eigenvalue weighted by Crippen LogP contribution is 2.35. The van der Waals surface area contributed by atoms with Crippen LogP contribution >= 0.6 is 0 Å². The lowest BCUT2D eigenvalue weighted by Crippen LogP contribution is -2.44. The molecule has 6 nitrogen and oxygen atoms in total. The summed E-state index contributed by atoms with van der Waals surface area (Å²) in [5.74, 6) is 2.36. The fourth-order valence-electron chi connectivity index (χ4n) is 4.58. The molecule has 194 valence electrons. The van der Waals surface area contributed by atoms with Gasteiger partial charge in [0.15, 0.2) is 0 Å². The third kappa shape index (κ3) is 5.71. The monoisotopic (exact) mass is 515 g/mol. The van der Waals surface area contributed by atoms with Crippen LogP contribution in [0, 0.1) is 0 Å². The van der Waals surface area contributed by atoms with E-state index in [4.69, 9.17) is 14.3 Å². The van der Waals surface area contributed by atoms with Crippen LogP contribution in [-0.2, 0) is 4.84 Å². The Kier molecular flexibility index (Phi) is 6.85. The van der Waals surface area contributed by atoms with Crippen molar-refractivity contribution < 1.29 is 14.3 Å². The summed E-state index contributed by atoms with van der Waals surface area (Å²) in [6.07, 6.45) is 6.15. The van der Waals surface area contributed by atoms with Crippen molar-refractivity contribution in [2.24, 2.45) is 0 Å². The lowest BCUT2D eigenvalue weighted by atomic mass is 9.96. The van der Waals surface area contributed by atoms with Gasteiger partial charge in [-0.15, -0.1) is 0 Å². The summed E-state index contributed by atoms with van der Waals surface area (Å²) >= 11 is 0. The maximum atomic E-state index is 6.20. The van der Waals surface area contributed by atoms with Gasteiger partial charge in [0.25, 0.3) is 0 Å². The summed E-state index contributed by atoms with van der Waals surface area (Å²) in [5, 5.41) is 0. The Labute approximate surface area is 228 Å². The molecular weight excluding hydrogens is 486 g/mol. The molecule has 0 aliphatic carbocycles. The van der Waals surface area contributed by atoms with Crippen molar-refractivity contribution in [3.05, 3.63) is 133 Å². The lowest BCUT2D eigenvalue weighted by Gasteiger charge is -2.36. The Hall–Kier alpha value is -4.81. The van der Waals surface area contributed by atoms with Gasteiger partial charge in [-0.05, 0) is 66.6 Å². The number of imidazole rings is 1. The van der Waals surface area contributed by atoms with Crippen molar-refractivity contribution >= 4 is 11.4 Å². The highest BCUT2D eigenvalue weighted by molar-refractivity contribution is 5.82. The molecule has 6 heteroatoms. The van der Waals surface area contributed by atoms with Crippen molar-refractivity contribution in [2.75, 3.05) is 6.61 Å². The zero-order valence-corrected chi connectivity index (χ0v) is 21.7. The fraction of sp³-hybridized carbons (Fsp3) is 0.121. The zero-order valence-electron chi connectivity index (χ0n) is 21.7. The molecule has 1 aliphatic heterocycles. The van der Waals surface area contributed by atoms with Crippen LogP contribution in [0.3, 0.4) is 0 Å². The van der Waals surface area contributed by atoms with E-state index >= 15 is 0 Å². The molecule has 0 bridgehead atoms. The number of hydroxylamine groups is 1. The molecule has 4 aromatic carbocycles. The predicted molar refractivity (Wildman–Crippen MR) is 153 cm³/mol. The molecule has 0 radical (unpaired) electrons. The summed E-state index contributed by atoms with van der Waals surface area (Å²) in [7, 11) is 0. The average molecular weight is 516 g/mol. The number of aromatic nitrogens is 2. The standard InChI is InChI=1S/C33H29N3O3/c1-33(23-37-28-16-12-26(13-17-28)25-8-4-2-5-9-25)22-31(36-21-20-34-24-36)32(35-39-33)27-14-18-30(19-15-27)38-29-10-6-3-7-11-29/h2-21,24,35H,22-23H2,1H3. The van der Waals surface area contributed by atoms with Gasteiger partial charge in [0.1, 0.15) is 29.5 Å². The normalized spacial score (nSPS) is 16.9. The van der Waals surface area contributed by atoms with Gasteiger partial charge < -0.3 is 14.0 Å². The highest BCUT2D eigenvalue weighted by Gasteiger charge is 2.35. The predicted octanol–water partition coefficient (Wildman–Crippen LogP) is 7.43. The highest BCUT2D eigenvalue weighted by atomic mass is 16.7. The van der Waals surface area contributed by atoms with E-state index in [2.05, 4.69) is 34.7 Å². The van der Waals surface area contributed by atoms with E-state index in [9.17, 15) is 0 Å². The first-order valence-corrected chi connectivity index (χ1v) is 12.9. The molecule has 1 N–H and O–H groups in total. The van der Waals surface area contributed by atoms with E-state index in [0.29, 0.717) is 13.0 Å². The molecule has 0 spiro atoms. The summed E-state index contributed by atoms with van der Waals surface area (Å²) in [6, 6.07) is 36.2. The Bertz CT molecular complexity index is 1530. The molecule has 0 saturated heterocycles. The largest absolute Gasteiger partial charge is 0.490 e. The number of nitrogens with zero attached hydrogens (tertiary/aromatic N) is 2. The van der Waals surface area contributed by atoms with Crippen LogP contribution in [0.15, 0.2) is 128 Å². The summed E-state index contributed by atoms with van der Waals surface area (Å²) < 4.78 is 14.2. The zero-order chi connectivity index (χ0) is 26.5. The van der Waals surface area contributed by atoms with Crippen LogP contribution in [0.4, 0.5) is 0 Å². The molecule has 2 heterocycles. The van der Waals surface area contributed by atoms with Crippen LogP contribution in [0.1, 0.15) is 18.9 Å². The third-order valence-electron chi connectivity index (χ3n) is 6.67. The van der Waals surface area contributed by atoms with Gasteiger partial charge in [-0.3, -0.25) is 10.3 Å². The molecule has 1 aromatic heterocycles. The number of ether oxygens (including phenoxy) is 2. The summed E-state index contributed by atoms with van der Waals surface area (Å²) in [5.41, 5.74) is 7.85. The second-order valence-corrected chi connectivity index (χ2v) is 9.74. The van der Waals surface area contributed by atoms with Gasteiger partial charge in [-0.25, -0.2) is 4.98 Å². The van der Waals surface area contributed by atoms with E-state index in [0.717, 1.165) is 39.8 Å². The SMILES string of the molecule is CC1(COc2ccc(-c3ccccc3)cc2)CC(n2ccnc2)=C(c2ccc(Oc3ccccc3)cc2)NO1. The third-order valence-corrected chi connectivity index (χ3v) is 6.67. The first-order valence-electron chi connectivity index (χ1n) is 12.9. The van der Waals surface area contributed by atoms with E-state index < -0.39 is 5.60 Å². The number of hydrogen-bond donors (Lipinski definition) is 1. The number of hydrogen-bond acceptors (Lipinski definition) is 5. The van der Waals surface area contributed by atoms with Crippen molar-refractivity contribution in [3.8, 4) is 28.4 Å². The molecule has 39 heavy (non-hydrogen) atoms. The van der Waals surface area contributed by atoms with Crippen molar-refractivity contribution in [1.82, 2.24) is 15.0 Å². The molecule has 0 amide bonds. The van der Waals surface area contributed by atoms with Gasteiger partial charge in [-0.1, -0.05) is 60.7 Å². The molecule has 1 aliphatic rings. The van der Waals surface area contributed by atoms with Gasteiger partial charge in [0.2, 0.25) is 0 Å². The topological polar surface area (TPSA) is 57.5 Å². The Morgan fingerprint density at radius 3 is 2.08 bits per heavy atom. The molecule has 6 rings (SSSR count). The van der Waals surface area contributed by atoms with Gasteiger partial charge in [0, 0.05) is 24.4 Å². The van der Waals surface area contributed by atoms with Crippen molar-refractivity contribution in [1.29, 1.82) is 0 Å². The van der Waals surface area contributed by atoms with Gasteiger partial charge in [0.05, 0.1) is 17.7 Å². The van der Waals surface area contributed by atoms with E-state index in [1.165, 1.54) is 5.56 Å². The molecule has 0 fully saturated rings. The fourth-order valence-corrected chi connectivity index (χ4v) is 4.58. The first kappa shape index (κ1) is 24.5. The minimum atomic E-state index is -0.600. The Morgan fingerprint density at radius 1 is 0.769 bits per heavy atom. The van der Waals surface area contributed by atoms with Crippen LogP contribution in [0.5, 0.6) is 17.2 Å². The van der Waals surface area contributed by atoms with Gasteiger partial charge >= 0.3 is 0 Å². The molecule has 1 atom stereocenters. The smallest absolute Gasteiger partial charge is 0.132 e. The Morgan fingerprint density at radius 2 is 1.38 bits per heavy atom. The van der Waals surface area contributed by atoms with Crippen molar-refractivity contribution in [3.63, 3.8) is 0 Å². The van der Waals surface area contributed by atoms with E-state index in [-0.39, 0.29) is 0 Å². The summed E-state index contributed by atoms with van der Waals surface area (Å²) in [4.78, 5) is 10.5. The van der Waals surface area contributed by atoms with E-state index in [1.54, 1.807) is 12.5 Å². The molecular formula is C33H29N3O3. The van der Waals surface area contributed by atoms with Crippen LogP contribution in [-0.4, -0.2) is 21.8 Å². The van der Waals surface area contributed by atoms with E-state index in [1.807, 2.05) is 103 Å². The van der Waals surface area contributed by atoms with Crippen LogP contribution in [0.2, 0.25) is 0 Å². The maximum absolute atomic E-state index is 6.20.